The standard InChI is InChI=1S/C15H21N3O3/c1-9-8-10(2)17-13(12(9)15(20)21)18-7-5-4-6-11(18)14(19)16-3/h8,11H,4-7H2,1-3H3,(H,16,19)(H,20,21). The fourth-order valence-corrected chi connectivity index (χ4v) is 2.91. The quantitative estimate of drug-likeness (QED) is 0.882. The number of amides is 1. The van der Waals surface area contributed by atoms with Crippen molar-refractivity contribution in [3.8, 4) is 0 Å². The highest BCUT2D eigenvalue weighted by Crippen LogP contribution is 2.29. The highest BCUT2D eigenvalue weighted by Gasteiger charge is 2.32. The summed E-state index contributed by atoms with van der Waals surface area (Å²) in [6, 6.07) is 1.40. The van der Waals surface area contributed by atoms with Gasteiger partial charge in [-0.05, 0) is 44.7 Å². The van der Waals surface area contributed by atoms with Crippen LogP contribution in [0.1, 0.15) is 40.9 Å². The Morgan fingerprint density at radius 1 is 1.38 bits per heavy atom. The number of nitrogens with one attached hydrogen (secondary N) is 1. The molecule has 1 unspecified atom stereocenters. The third kappa shape index (κ3) is 2.99. The number of aromatic carboxylic acids is 1. The molecule has 1 fully saturated rings. The van der Waals surface area contributed by atoms with Gasteiger partial charge in [0, 0.05) is 19.3 Å². The monoisotopic (exact) mass is 291 g/mol. The molecular weight excluding hydrogens is 270 g/mol. The lowest BCUT2D eigenvalue weighted by Crippen LogP contribution is -2.49. The van der Waals surface area contributed by atoms with E-state index in [4.69, 9.17) is 0 Å². The number of aromatic nitrogens is 1. The van der Waals surface area contributed by atoms with E-state index in [-0.39, 0.29) is 17.5 Å². The minimum Gasteiger partial charge on any atom is -0.478 e. The number of carboxylic acid groups (broad SMARTS) is 1. The molecule has 114 valence electrons. The predicted octanol–water partition coefficient (Wildman–Crippen LogP) is 1.50. The van der Waals surface area contributed by atoms with Crippen LogP contribution in [-0.4, -0.2) is 41.6 Å². The lowest BCUT2D eigenvalue weighted by Gasteiger charge is -2.36. The summed E-state index contributed by atoms with van der Waals surface area (Å²) in [5, 5.41) is 12.1. The van der Waals surface area contributed by atoms with Crippen LogP contribution in [0.25, 0.3) is 0 Å². The Hall–Kier alpha value is -2.11. The molecule has 1 aromatic heterocycles. The van der Waals surface area contributed by atoms with Crippen molar-refractivity contribution >= 4 is 17.7 Å². The second kappa shape index (κ2) is 6.11. The zero-order chi connectivity index (χ0) is 15.6. The first-order chi connectivity index (χ1) is 9.95. The van der Waals surface area contributed by atoms with Gasteiger partial charge >= 0.3 is 5.97 Å². The fraction of sp³-hybridized carbons (Fsp3) is 0.533. The van der Waals surface area contributed by atoms with Gasteiger partial charge in [-0.15, -0.1) is 0 Å². The molecule has 1 aromatic rings. The van der Waals surface area contributed by atoms with Crippen molar-refractivity contribution in [2.75, 3.05) is 18.5 Å². The summed E-state index contributed by atoms with van der Waals surface area (Å²) >= 11 is 0. The lowest BCUT2D eigenvalue weighted by molar-refractivity contribution is -0.122. The Labute approximate surface area is 124 Å². The van der Waals surface area contributed by atoms with Gasteiger partial charge in [-0.2, -0.15) is 0 Å². The zero-order valence-electron chi connectivity index (χ0n) is 12.6. The van der Waals surface area contributed by atoms with Crippen molar-refractivity contribution in [2.45, 2.75) is 39.2 Å². The number of pyridine rings is 1. The van der Waals surface area contributed by atoms with Crippen molar-refractivity contribution in [2.24, 2.45) is 0 Å². The van der Waals surface area contributed by atoms with Gasteiger partial charge in [-0.25, -0.2) is 9.78 Å². The number of carbonyl (C=O) groups is 2. The average molecular weight is 291 g/mol. The number of anilines is 1. The van der Waals surface area contributed by atoms with Crippen molar-refractivity contribution < 1.29 is 14.7 Å². The molecular formula is C15H21N3O3. The molecule has 1 atom stereocenters. The topological polar surface area (TPSA) is 82.5 Å². The average Bonchev–Trinajstić information content (AvgIpc) is 2.45. The van der Waals surface area contributed by atoms with E-state index < -0.39 is 5.97 Å². The number of carbonyl (C=O) groups excluding carboxylic acids is 1. The van der Waals surface area contributed by atoms with Gasteiger partial charge in [0.2, 0.25) is 5.91 Å². The summed E-state index contributed by atoms with van der Waals surface area (Å²) in [5.74, 6) is -0.684. The van der Waals surface area contributed by atoms with Crippen molar-refractivity contribution in [1.82, 2.24) is 10.3 Å². The molecule has 6 nitrogen and oxygen atoms in total. The van der Waals surface area contributed by atoms with E-state index in [1.165, 1.54) is 0 Å². The number of nitrogens with zero attached hydrogens (tertiary/aromatic N) is 2. The maximum Gasteiger partial charge on any atom is 0.339 e. The van der Waals surface area contributed by atoms with Crippen LogP contribution in [0.15, 0.2) is 6.07 Å². The van der Waals surface area contributed by atoms with E-state index in [9.17, 15) is 14.7 Å². The van der Waals surface area contributed by atoms with Gasteiger partial charge < -0.3 is 15.3 Å². The number of likely N-dealkylation sites (N-methyl/N-ethyl adjacent to an activating group) is 1. The van der Waals surface area contributed by atoms with Gasteiger partial charge in [0.1, 0.15) is 17.4 Å². The number of hydrogen-bond donors (Lipinski definition) is 2. The zero-order valence-corrected chi connectivity index (χ0v) is 12.6. The molecule has 0 radical (unpaired) electrons. The van der Waals surface area contributed by atoms with Gasteiger partial charge in [0.25, 0.3) is 0 Å². The van der Waals surface area contributed by atoms with Gasteiger partial charge in [0.05, 0.1) is 0 Å². The number of hydrogen-bond acceptors (Lipinski definition) is 4. The molecule has 0 aliphatic carbocycles. The first kappa shape index (κ1) is 15.3. The van der Waals surface area contributed by atoms with E-state index in [2.05, 4.69) is 10.3 Å². The molecule has 1 aliphatic heterocycles. The molecule has 2 rings (SSSR count). The Kier molecular flexibility index (Phi) is 4.45. The van der Waals surface area contributed by atoms with Crippen LogP contribution in [0.4, 0.5) is 5.82 Å². The number of piperidine rings is 1. The van der Waals surface area contributed by atoms with Gasteiger partial charge in [-0.1, -0.05) is 0 Å². The van der Waals surface area contributed by atoms with Gasteiger partial charge in [-0.3, -0.25) is 4.79 Å². The maximum absolute atomic E-state index is 12.1. The SMILES string of the molecule is CNC(=O)C1CCCCN1c1nc(C)cc(C)c1C(=O)O. The molecule has 1 aliphatic rings. The van der Waals surface area contributed by atoms with Crippen LogP contribution in [0.5, 0.6) is 0 Å². The van der Waals surface area contributed by atoms with Crippen LogP contribution in [0.3, 0.4) is 0 Å². The molecule has 0 saturated carbocycles. The Bertz CT molecular complexity index is 572. The molecule has 0 spiro atoms. The minimum atomic E-state index is -1.00. The molecule has 0 bridgehead atoms. The lowest BCUT2D eigenvalue weighted by atomic mass is 9.99. The van der Waals surface area contributed by atoms with Crippen molar-refractivity contribution in [3.63, 3.8) is 0 Å². The molecule has 6 heteroatoms. The summed E-state index contributed by atoms with van der Waals surface area (Å²) in [7, 11) is 1.60. The molecule has 21 heavy (non-hydrogen) atoms. The maximum atomic E-state index is 12.1. The number of rotatable bonds is 3. The van der Waals surface area contributed by atoms with Crippen molar-refractivity contribution in [3.05, 3.63) is 22.9 Å². The fourth-order valence-electron chi connectivity index (χ4n) is 2.91. The Morgan fingerprint density at radius 3 is 2.71 bits per heavy atom. The minimum absolute atomic E-state index is 0.0907. The Balaban J connectivity index is 2.52. The molecule has 1 amide bonds. The molecule has 2 N–H and O–H groups in total. The van der Waals surface area contributed by atoms with Crippen LogP contribution < -0.4 is 10.2 Å². The van der Waals surface area contributed by atoms with Crippen LogP contribution in [0, 0.1) is 13.8 Å². The van der Waals surface area contributed by atoms with Crippen LogP contribution >= 0.6 is 0 Å². The third-order valence-electron chi connectivity index (χ3n) is 3.86. The van der Waals surface area contributed by atoms with Crippen LogP contribution in [0.2, 0.25) is 0 Å². The predicted molar refractivity (Wildman–Crippen MR) is 79.7 cm³/mol. The number of carboxylic acids is 1. The summed E-state index contributed by atoms with van der Waals surface area (Å²) in [6.07, 6.45) is 2.61. The van der Waals surface area contributed by atoms with E-state index >= 15 is 0 Å². The largest absolute Gasteiger partial charge is 0.478 e. The van der Waals surface area contributed by atoms with E-state index in [0.29, 0.717) is 24.3 Å². The summed E-state index contributed by atoms with van der Waals surface area (Å²) < 4.78 is 0. The van der Waals surface area contributed by atoms with Gasteiger partial charge in [0.15, 0.2) is 0 Å². The van der Waals surface area contributed by atoms with Crippen LogP contribution in [-0.2, 0) is 4.79 Å². The Morgan fingerprint density at radius 2 is 2.10 bits per heavy atom. The second-order valence-electron chi connectivity index (χ2n) is 5.40. The summed E-state index contributed by atoms with van der Waals surface area (Å²) in [5.41, 5.74) is 1.62. The third-order valence-corrected chi connectivity index (χ3v) is 3.86. The second-order valence-corrected chi connectivity index (χ2v) is 5.40. The molecule has 1 saturated heterocycles. The molecule has 0 aromatic carbocycles. The van der Waals surface area contributed by atoms with E-state index in [1.54, 1.807) is 20.0 Å². The molecule has 2 heterocycles. The normalized spacial score (nSPS) is 18.4. The first-order valence-electron chi connectivity index (χ1n) is 7.15. The van der Waals surface area contributed by atoms with E-state index in [0.717, 1.165) is 18.5 Å². The summed E-state index contributed by atoms with van der Waals surface area (Å²) in [4.78, 5) is 29.9. The highest BCUT2D eigenvalue weighted by atomic mass is 16.4. The number of aryl methyl sites for hydroxylation is 2. The highest BCUT2D eigenvalue weighted by molar-refractivity contribution is 5.96. The summed E-state index contributed by atoms with van der Waals surface area (Å²) in [6.45, 7) is 4.25. The van der Waals surface area contributed by atoms with E-state index in [1.807, 2.05) is 11.8 Å². The van der Waals surface area contributed by atoms with Crippen molar-refractivity contribution in [1.29, 1.82) is 0 Å². The smallest absolute Gasteiger partial charge is 0.339 e. The first-order valence-corrected chi connectivity index (χ1v) is 7.15.